The maximum atomic E-state index is 12.1. The normalized spacial score (nSPS) is 39.8. The molecule has 2 bridgehead atoms. The third-order valence-corrected chi connectivity index (χ3v) is 11.9. The van der Waals surface area contributed by atoms with Gasteiger partial charge in [-0.15, -0.1) is 0 Å². The van der Waals surface area contributed by atoms with Crippen molar-refractivity contribution in [2.24, 2.45) is 10.4 Å². The lowest BCUT2D eigenvalue weighted by Gasteiger charge is -2.37. The molecule has 29 heavy (non-hydrogen) atoms. The summed E-state index contributed by atoms with van der Waals surface area (Å²) in [5.41, 5.74) is -0.145. The van der Waals surface area contributed by atoms with Crippen molar-refractivity contribution >= 4 is 38.2 Å². The first-order chi connectivity index (χ1) is 13.9. The minimum Gasteiger partial charge on any atom is -0.476 e. The van der Waals surface area contributed by atoms with Crippen LogP contribution in [-0.2, 0) is 9.53 Å². The lowest BCUT2D eigenvalue weighted by Crippen LogP contribution is -2.37. The van der Waals surface area contributed by atoms with E-state index in [0.717, 1.165) is 41.6 Å². The quantitative estimate of drug-likeness (QED) is 0.652. The molecular weight excluding hydrogens is 412 g/mol. The van der Waals surface area contributed by atoms with Gasteiger partial charge in [0.2, 0.25) is 0 Å². The van der Waals surface area contributed by atoms with Crippen molar-refractivity contribution in [2.75, 3.05) is 30.4 Å². The van der Waals surface area contributed by atoms with Gasteiger partial charge in [-0.05, 0) is 29.8 Å². The van der Waals surface area contributed by atoms with Crippen LogP contribution in [0.5, 0.6) is 0 Å². The first kappa shape index (κ1) is 20.8. The molecule has 1 spiro atoms. The zero-order valence-corrected chi connectivity index (χ0v) is 18.2. The fourth-order valence-corrected chi connectivity index (χ4v) is 10.9. The van der Waals surface area contributed by atoms with E-state index in [1.807, 2.05) is 17.6 Å². The lowest BCUT2D eigenvalue weighted by molar-refractivity contribution is -0.132. The van der Waals surface area contributed by atoms with E-state index in [2.05, 4.69) is 11.9 Å². The fraction of sp³-hybridized carbons (Fsp3) is 0.650. The van der Waals surface area contributed by atoms with Crippen LogP contribution in [0.25, 0.3) is 0 Å². The van der Waals surface area contributed by atoms with Crippen LogP contribution in [0, 0.1) is 5.41 Å². The summed E-state index contributed by atoms with van der Waals surface area (Å²) in [6.07, 6.45) is 6.62. The molecule has 9 heteroatoms. The minimum atomic E-state index is -1.50. The van der Waals surface area contributed by atoms with Crippen LogP contribution in [0.15, 0.2) is 28.2 Å². The van der Waals surface area contributed by atoms with Crippen molar-refractivity contribution in [2.45, 2.75) is 44.8 Å². The number of aliphatic hydroxyl groups excluding tert-OH is 1. The molecule has 7 nitrogen and oxygen atoms in total. The van der Waals surface area contributed by atoms with Crippen LogP contribution in [0.1, 0.15) is 32.6 Å². The summed E-state index contributed by atoms with van der Waals surface area (Å²) in [6, 6.07) is -0.169. The van der Waals surface area contributed by atoms with Gasteiger partial charge in [0.25, 0.3) is 0 Å². The molecule has 4 atom stereocenters. The van der Waals surface area contributed by atoms with Crippen LogP contribution in [0.3, 0.4) is 0 Å². The Morgan fingerprint density at radius 3 is 3.07 bits per heavy atom. The summed E-state index contributed by atoms with van der Waals surface area (Å²) in [5, 5.41) is 22.7. The molecule has 0 aliphatic carbocycles. The van der Waals surface area contributed by atoms with E-state index in [4.69, 9.17) is 4.74 Å². The largest absolute Gasteiger partial charge is 0.476 e. The zero-order chi connectivity index (χ0) is 20.6. The second-order valence-corrected chi connectivity index (χ2v) is 12.8. The Hall–Kier alpha value is -1.45. The van der Waals surface area contributed by atoms with E-state index < -0.39 is 22.1 Å². The highest BCUT2D eigenvalue weighted by Gasteiger charge is 2.52. The third-order valence-electron chi connectivity index (χ3n) is 6.37. The molecule has 160 valence electrons. The second-order valence-electron chi connectivity index (χ2n) is 8.21. The van der Waals surface area contributed by atoms with Gasteiger partial charge in [0, 0.05) is 17.7 Å². The van der Waals surface area contributed by atoms with Gasteiger partial charge in [-0.3, -0.25) is 4.90 Å². The van der Waals surface area contributed by atoms with E-state index in [-0.39, 0.29) is 23.2 Å². The molecule has 4 heterocycles. The number of aliphatic imine (C=N–C) groups is 1. The molecule has 1 amide bonds. The molecule has 4 aliphatic heterocycles. The molecule has 0 radical (unpaired) electrons. The Kier molecular flexibility index (Phi) is 5.74. The number of nitrogens with zero attached hydrogens (tertiary/aromatic N) is 2. The smallest absolute Gasteiger partial charge is 0.410 e. The maximum Gasteiger partial charge on any atom is 0.410 e. The Labute approximate surface area is 176 Å². The first-order valence-electron chi connectivity index (χ1n) is 10.1. The molecule has 2 N–H and O–H groups in total. The number of carboxylic acid groups (broad SMARTS) is 1. The van der Waals surface area contributed by atoms with Gasteiger partial charge in [-0.2, -0.15) is 10.0 Å². The standard InChI is InChI=1S/C20H28N2O5S2/c1-2-3-6-20-7-10-29(13-20)12-15(17(24)25)21-18(29)28-9-8-22-14(4-5-16(20)23)11-27-19(22)26/h4-5,12,14,16,23H,2-3,6-11,13H2,1H3,(H,24,25)/b5-4+/t14-,16+,20?/m0/s1. The number of carbonyl (C=O) groups excluding carboxylic acids is 1. The van der Waals surface area contributed by atoms with Gasteiger partial charge in [0.15, 0.2) is 5.70 Å². The highest BCUT2D eigenvalue weighted by atomic mass is 32.3. The van der Waals surface area contributed by atoms with E-state index in [9.17, 15) is 19.8 Å². The molecule has 2 fully saturated rings. The monoisotopic (exact) mass is 440 g/mol. The number of hydrogen-bond acceptors (Lipinski definition) is 6. The molecule has 0 saturated carbocycles. The first-order valence-corrected chi connectivity index (χ1v) is 13.2. The third kappa shape index (κ3) is 3.72. The van der Waals surface area contributed by atoms with Crippen LogP contribution < -0.4 is 0 Å². The maximum absolute atomic E-state index is 12.1. The molecule has 4 aliphatic rings. The Bertz CT molecular complexity index is 798. The van der Waals surface area contributed by atoms with Crippen molar-refractivity contribution in [3.05, 3.63) is 23.3 Å². The Morgan fingerprint density at radius 2 is 2.31 bits per heavy atom. The summed E-state index contributed by atoms with van der Waals surface area (Å²) in [5.74, 6) is 1.32. The lowest BCUT2D eigenvalue weighted by atomic mass is 9.77. The van der Waals surface area contributed by atoms with Crippen LogP contribution >= 0.6 is 21.8 Å². The van der Waals surface area contributed by atoms with Gasteiger partial charge >= 0.3 is 12.1 Å². The highest BCUT2D eigenvalue weighted by molar-refractivity contribution is 8.59. The molecule has 0 aromatic carbocycles. The summed E-state index contributed by atoms with van der Waals surface area (Å²) in [7, 11) is -1.50. The van der Waals surface area contributed by atoms with E-state index in [1.54, 1.807) is 16.7 Å². The number of thioether (sulfide) groups is 1. The number of hydrogen-bond donors (Lipinski definition) is 2. The average molecular weight is 441 g/mol. The second kappa shape index (κ2) is 8.00. The molecule has 0 aromatic heterocycles. The molecule has 2 saturated heterocycles. The summed E-state index contributed by atoms with van der Waals surface area (Å²) in [4.78, 5) is 29.9. The number of cyclic esters (lactones) is 1. The van der Waals surface area contributed by atoms with Gasteiger partial charge < -0.3 is 14.9 Å². The van der Waals surface area contributed by atoms with E-state index >= 15 is 0 Å². The number of aliphatic carboxylic acids is 1. The number of carbonyl (C=O) groups is 2. The molecule has 4 rings (SSSR count). The summed E-state index contributed by atoms with van der Waals surface area (Å²) in [6.45, 7) is 2.95. The summed E-state index contributed by atoms with van der Waals surface area (Å²) < 4.78 is 6.11. The predicted molar refractivity (Wildman–Crippen MR) is 117 cm³/mol. The number of unbranched alkanes of at least 4 members (excludes halogenated alkanes) is 1. The predicted octanol–water partition coefficient (Wildman–Crippen LogP) is 3.15. The van der Waals surface area contributed by atoms with E-state index in [1.165, 1.54) is 0 Å². The van der Waals surface area contributed by atoms with Gasteiger partial charge in [0.1, 0.15) is 11.0 Å². The topological polar surface area (TPSA) is 99.4 Å². The van der Waals surface area contributed by atoms with Gasteiger partial charge in [-0.25, -0.2) is 14.6 Å². The molecular formula is C20H28N2O5S2. The molecule has 2 unspecified atom stereocenters. The highest BCUT2D eigenvalue weighted by Crippen LogP contribution is 2.68. The Balaban J connectivity index is 1.72. The van der Waals surface area contributed by atoms with Crippen LogP contribution in [0.4, 0.5) is 4.79 Å². The van der Waals surface area contributed by atoms with Gasteiger partial charge in [-0.1, -0.05) is 43.7 Å². The number of amides is 1. The van der Waals surface area contributed by atoms with E-state index in [0.29, 0.717) is 18.9 Å². The van der Waals surface area contributed by atoms with Crippen LogP contribution in [-0.4, -0.2) is 74.1 Å². The van der Waals surface area contributed by atoms with Gasteiger partial charge in [0.05, 0.1) is 12.1 Å². The number of fused-ring (bicyclic) bond motifs is 2. The number of ether oxygens (including phenoxy) is 1. The SMILES string of the molecule is CCCCC12CCS3(C=C(C(=O)O)N=C3SCCN3C(=O)OC[C@@H]3/C=C/[C@H]1O)C2. The molecule has 0 aromatic rings. The van der Waals surface area contributed by atoms with Crippen LogP contribution in [0.2, 0.25) is 0 Å². The number of rotatable bonds is 4. The fourth-order valence-electron chi connectivity index (χ4n) is 4.68. The number of aliphatic hydroxyl groups is 1. The number of carboxylic acids is 1. The zero-order valence-electron chi connectivity index (χ0n) is 16.6. The summed E-state index contributed by atoms with van der Waals surface area (Å²) >= 11 is 1.57. The van der Waals surface area contributed by atoms with Crippen molar-refractivity contribution in [1.82, 2.24) is 4.90 Å². The van der Waals surface area contributed by atoms with Crippen molar-refractivity contribution < 1.29 is 24.5 Å². The van der Waals surface area contributed by atoms with Crippen molar-refractivity contribution in [3.8, 4) is 0 Å². The minimum absolute atomic E-state index is 0.132. The van der Waals surface area contributed by atoms with Crippen molar-refractivity contribution in [3.63, 3.8) is 0 Å². The van der Waals surface area contributed by atoms with Crippen molar-refractivity contribution in [1.29, 1.82) is 0 Å². The average Bonchev–Trinajstić information content (AvgIpc) is 3.36. The Morgan fingerprint density at radius 1 is 1.48 bits per heavy atom.